The number of aromatic amines is 1. The van der Waals surface area contributed by atoms with Gasteiger partial charge in [0.25, 0.3) is 0 Å². The maximum absolute atomic E-state index is 11.3. The zero-order chi connectivity index (χ0) is 20.2. The van der Waals surface area contributed by atoms with E-state index in [2.05, 4.69) is 25.4 Å². The van der Waals surface area contributed by atoms with Gasteiger partial charge < -0.3 is 19.9 Å². The summed E-state index contributed by atoms with van der Waals surface area (Å²) >= 11 is 0. The van der Waals surface area contributed by atoms with E-state index in [0.29, 0.717) is 24.0 Å². The third-order valence-corrected chi connectivity index (χ3v) is 4.49. The van der Waals surface area contributed by atoms with Gasteiger partial charge in [0, 0.05) is 18.9 Å². The quantitative estimate of drug-likeness (QED) is 0.459. The minimum Gasteiger partial charge on any atom is -0.465 e. The van der Waals surface area contributed by atoms with E-state index in [1.165, 1.54) is 0 Å². The molecule has 0 saturated carbocycles. The normalized spacial score (nSPS) is 11.9. The van der Waals surface area contributed by atoms with Crippen molar-refractivity contribution in [2.24, 2.45) is 0 Å². The lowest BCUT2D eigenvalue weighted by Gasteiger charge is -2.14. The average Bonchev–Trinajstić information content (AvgIpc) is 3.38. The van der Waals surface area contributed by atoms with E-state index in [1.807, 2.05) is 54.6 Å². The number of amides is 1. The topological polar surface area (TPSA) is 117 Å². The SMILES string of the molecule is Cc1nc(-c2ccc(-c3cnc([C@H](Cc4ccccc4)NC(=O)O)[nH]3)cc2)no1. The summed E-state index contributed by atoms with van der Waals surface area (Å²) in [5.74, 6) is 1.61. The number of nitrogens with zero attached hydrogens (tertiary/aromatic N) is 3. The Bertz CT molecular complexity index is 1100. The molecule has 3 N–H and O–H groups in total. The molecule has 0 aliphatic carbocycles. The summed E-state index contributed by atoms with van der Waals surface area (Å²) in [5.41, 5.74) is 3.58. The summed E-state index contributed by atoms with van der Waals surface area (Å²) in [4.78, 5) is 23.1. The van der Waals surface area contributed by atoms with Crippen LogP contribution in [0.4, 0.5) is 4.79 Å². The van der Waals surface area contributed by atoms with Gasteiger partial charge in [-0.25, -0.2) is 9.78 Å². The molecule has 4 rings (SSSR count). The van der Waals surface area contributed by atoms with Crippen LogP contribution in [0.25, 0.3) is 22.6 Å². The molecule has 29 heavy (non-hydrogen) atoms. The molecular weight excluding hydrogens is 370 g/mol. The smallest absolute Gasteiger partial charge is 0.405 e. The van der Waals surface area contributed by atoms with Crippen LogP contribution < -0.4 is 5.32 Å². The lowest BCUT2D eigenvalue weighted by atomic mass is 10.1. The predicted molar refractivity (Wildman–Crippen MR) is 106 cm³/mol. The number of nitrogens with one attached hydrogen (secondary N) is 2. The van der Waals surface area contributed by atoms with Crippen LogP contribution in [0.5, 0.6) is 0 Å². The summed E-state index contributed by atoms with van der Waals surface area (Å²) in [6.45, 7) is 1.74. The molecule has 0 aliphatic rings. The summed E-state index contributed by atoms with van der Waals surface area (Å²) < 4.78 is 5.01. The Balaban J connectivity index is 1.56. The highest BCUT2D eigenvalue weighted by atomic mass is 16.5. The van der Waals surface area contributed by atoms with Crippen molar-refractivity contribution in [1.82, 2.24) is 25.4 Å². The minimum absolute atomic E-state index is 0.481. The number of aromatic nitrogens is 4. The summed E-state index contributed by atoms with van der Waals surface area (Å²) in [7, 11) is 0. The molecule has 0 spiro atoms. The minimum atomic E-state index is -1.09. The van der Waals surface area contributed by atoms with E-state index in [9.17, 15) is 9.90 Å². The van der Waals surface area contributed by atoms with Gasteiger partial charge in [0.1, 0.15) is 5.82 Å². The fourth-order valence-corrected chi connectivity index (χ4v) is 3.09. The number of hydrogen-bond donors (Lipinski definition) is 3. The van der Waals surface area contributed by atoms with Crippen molar-refractivity contribution in [3.8, 4) is 22.6 Å². The first-order valence-corrected chi connectivity index (χ1v) is 9.08. The highest BCUT2D eigenvalue weighted by Crippen LogP contribution is 2.24. The van der Waals surface area contributed by atoms with Gasteiger partial charge >= 0.3 is 6.09 Å². The van der Waals surface area contributed by atoms with Crippen LogP contribution in [0.15, 0.2) is 65.3 Å². The molecule has 2 aromatic carbocycles. The maximum Gasteiger partial charge on any atom is 0.405 e. The molecule has 0 radical (unpaired) electrons. The van der Waals surface area contributed by atoms with Crippen molar-refractivity contribution in [3.05, 3.63) is 78.1 Å². The van der Waals surface area contributed by atoms with Gasteiger partial charge in [0.2, 0.25) is 11.7 Å². The van der Waals surface area contributed by atoms with Crippen LogP contribution in [0.2, 0.25) is 0 Å². The van der Waals surface area contributed by atoms with Crippen molar-refractivity contribution in [2.45, 2.75) is 19.4 Å². The number of aryl methyl sites for hydroxylation is 1. The lowest BCUT2D eigenvalue weighted by molar-refractivity contribution is 0.189. The molecule has 8 nitrogen and oxygen atoms in total. The van der Waals surface area contributed by atoms with Crippen molar-refractivity contribution >= 4 is 6.09 Å². The fourth-order valence-electron chi connectivity index (χ4n) is 3.09. The van der Waals surface area contributed by atoms with Gasteiger partial charge in [0.05, 0.1) is 17.9 Å². The first-order valence-electron chi connectivity index (χ1n) is 9.08. The van der Waals surface area contributed by atoms with E-state index < -0.39 is 12.1 Å². The molecule has 0 aliphatic heterocycles. The largest absolute Gasteiger partial charge is 0.465 e. The van der Waals surface area contributed by atoms with Gasteiger partial charge in [-0.05, 0) is 11.1 Å². The van der Waals surface area contributed by atoms with Gasteiger partial charge in [-0.3, -0.25) is 0 Å². The van der Waals surface area contributed by atoms with Gasteiger partial charge in [-0.15, -0.1) is 0 Å². The van der Waals surface area contributed by atoms with Crippen molar-refractivity contribution in [3.63, 3.8) is 0 Å². The second-order valence-corrected chi connectivity index (χ2v) is 6.59. The van der Waals surface area contributed by atoms with Crippen molar-refractivity contribution in [2.75, 3.05) is 0 Å². The predicted octanol–water partition coefficient (Wildman–Crippen LogP) is 3.99. The van der Waals surface area contributed by atoms with Gasteiger partial charge in [-0.1, -0.05) is 59.8 Å². The average molecular weight is 389 g/mol. The molecule has 0 unspecified atom stereocenters. The monoisotopic (exact) mass is 389 g/mol. The molecular formula is C21H19N5O3. The molecule has 0 saturated heterocycles. The third kappa shape index (κ3) is 4.32. The number of benzene rings is 2. The number of carbonyl (C=O) groups is 1. The summed E-state index contributed by atoms with van der Waals surface area (Å²) in [6, 6.07) is 16.9. The van der Waals surface area contributed by atoms with Crippen LogP contribution in [0, 0.1) is 6.92 Å². The Labute approximate surface area is 166 Å². The van der Waals surface area contributed by atoms with Gasteiger partial charge in [-0.2, -0.15) is 4.98 Å². The van der Waals surface area contributed by atoms with E-state index in [-0.39, 0.29) is 0 Å². The zero-order valence-corrected chi connectivity index (χ0v) is 15.7. The number of carboxylic acid groups (broad SMARTS) is 1. The molecule has 1 amide bonds. The molecule has 2 aromatic heterocycles. The number of imidazole rings is 1. The summed E-state index contributed by atoms with van der Waals surface area (Å²) in [6.07, 6.45) is 1.10. The standard InChI is InChI=1S/C21H19N5O3/c1-13-23-19(26-29-13)16-9-7-15(8-10-16)18-12-22-20(24-18)17(25-21(27)28)11-14-5-3-2-4-6-14/h2-10,12,17,25H,11H2,1H3,(H,22,24)(H,27,28)/t17-/m0/s1. The Kier molecular flexibility index (Phi) is 5.07. The van der Waals surface area contributed by atoms with Crippen LogP contribution in [0.3, 0.4) is 0 Å². The lowest BCUT2D eigenvalue weighted by Crippen LogP contribution is -2.29. The first kappa shape index (κ1) is 18.4. The van der Waals surface area contributed by atoms with Crippen LogP contribution >= 0.6 is 0 Å². The molecule has 146 valence electrons. The maximum atomic E-state index is 11.3. The Morgan fingerprint density at radius 1 is 1.14 bits per heavy atom. The molecule has 8 heteroatoms. The Morgan fingerprint density at radius 3 is 2.52 bits per heavy atom. The van der Waals surface area contributed by atoms with Crippen LogP contribution in [0.1, 0.15) is 23.3 Å². The first-order chi connectivity index (χ1) is 14.1. The Hall–Kier alpha value is -3.94. The number of H-pyrrole nitrogens is 1. The third-order valence-electron chi connectivity index (χ3n) is 4.49. The van der Waals surface area contributed by atoms with E-state index in [0.717, 1.165) is 22.4 Å². The van der Waals surface area contributed by atoms with Crippen LogP contribution in [-0.2, 0) is 6.42 Å². The summed E-state index contributed by atoms with van der Waals surface area (Å²) in [5, 5.41) is 15.7. The number of hydrogen-bond acceptors (Lipinski definition) is 5. The van der Waals surface area contributed by atoms with Crippen LogP contribution in [-0.4, -0.2) is 31.3 Å². The molecule has 2 heterocycles. The highest BCUT2D eigenvalue weighted by Gasteiger charge is 2.18. The van der Waals surface area contributed by atoms with E-state index in [4.69, 9.17) is 4.52 Å². The highest BCUT2D eigenvalue weighted by molar-refractivity contribution is 5.66. The second kappa shape index (κ2) is 7.97. The molecule has 0 bridgehead atoms. The molecule has 0 fully saturated rings. The van der Waals surface area contributed by atoms with Crippen molar-refractivity contribution in [1.29, 1.82) is 0 Å². The van der Waals surface area contributed by atoms with E-state index in [1.54, 1.807) is 13.1 Å². The molecule has 4 aromatic rings. The zero-order valence-electron chi connectivity index (χ0n) is 15.7. The second-order valence-electron chi connectivity index (χ2n) is 6.59. The van der Waals surface area contributed by atoms with E-state index >= 15 is 0 Å². The Morgan fingerprint density at radius 2 is 1.86 bits per heavy atom. The fraction of sp³-hybridized carbons (Fsp3) is 0.143. The van der Waals surface area contributed by atoms with Gasteiger partial charge in [0.15, 0.2) is 0 Å². The van der Waals surface area contributed by atoms with Crippen molar-refractivity contribution < 1.29 is 14.4 Å². The molecule has 1 atom stereocenters. The number of rotatable bonds is 6.